The van der Waals surface area contributed by atoms with Crippen LogP contribution < -0.4 is 10.1 Å². The molecule has 23 heavy (non-hydrogen) atoms. The van der Waals surface area contributed by atoms with Gasteiger partial charge in [-0.25, -0.2) is 0 Å². The van der Waals surface area contributed by atoms with Crippen LogP contribution in [0, 0.1) is 6.92 Å². The van der Waals surface area contributed by atoms with Gasteiger partial charge >= 0.3 is 0 Å². The van der Waals surface area contributed by atoms with E-state index in [2.05, 4.69) is 5.32 Å². The fourth-order valence-electron chi connectivity index (χ4n) is 2.77. The van der Waals surface area contributed by atoms with Crippen molar-refractivity contribution in [1.29, 1.82) is 0 Å². The van der Waals surface area contributed by atoms with E-state index in [1.54, 1.807) is 4.90 Å². The van der Waals surface area contributed by atoms with Gasteiger partial charge < -0.3 is 15.0 Å². The minimum Gasteiger partial charge on any atom is -0.492 e. The van der Waals surface area contributed by atoms with Crippen molar-refractivity contribution in [1.82, 2.24) is 4.90 Å². The predicted octanol–water partition coefficient (Wildman–Crippen LogP) is 3.11. The number of amides is 1. The lowest BCUT2D eigenvalue weighted by Gasteiger charge is -2.18. The predicted molar refractivity (Wildman–Crippen MR) is 92.3 cm³/mol. The fourth-order valence-corrected chi connectivity index (χ4v) is 2.77. The zero-order chi connectivity index (χ0) is 16.2. The normalized spacial score (nSPS) is 12.4. The molecule has 0 unspecified atom stereocenters. The Balaban J connectivity index is 1.55. The number of nitrogens with one attached hydrogen (secondary N) is 1. The highest BCUT2D eigenvalue weighted by molar-refractivity contribution is 5.94. The third-order valence-corrected chi connectivity index (χ3v) is 4.09. The summed E-state index contributed by atoms with van der Waals surface area (Å²) < 4.78 is 5.71. The number of carbonyl (C=O) groups excluding carboxylic acids is 1. The standard InChI is InChI=1S/C19H22N2O2/c1-14-4-3-5-17(12-14)23-11-10-21(2)19(22)16-6-7-18-15(13-16)8-9-20-18/h3-7,12-13,20H,8-11H2,1-2H3. The lowest BCUT2D eigenvalue weighted by atomic mass is 10.1. The van der Waals surface area contributed by atoms with Gasteiger partial charge in [0.15, 0.2) is 0 Å². The summed E-state index contributed by atoms with van der Waals surface area (Å²) in [5, 5.41) is 3.31. The first-order valence-corrected chi connectivity index (χ1v) is 7.95. The molecule has 4 heteroatoms. The summed E-state index contributed by atoms with van der Waals surface area (Å²) in [5.41, 5.74) is 4.27. The molecule has 1 heterocycles. The number of hydrogen-bond donors (Lipinski definition) is 1. The first-order valence-electron chi connectivity index (χ1n) is 7.95. The van der Waals surface area contributed by atoms with Gasteiger partial charge in [0, 0.05) is 24.8 Å². The third-order valence-electron chi connectivity index (χ3n) is 4.09. The molecule has 0 atom stereocenters. The summed E-state index contributed by atoms with van der Waals surface area (Å²) in [6.45, 7) is 4.03. The van der Waals surface area contributed by atoms with E-state index in [0.717, 1.165) is 30.0 Å². The number of nitrogens with zero attached hydrogens (tertiary/aromatic N) is 1. The summed E-state index contributed by atoms with van der Waals surface area (Å²) in [6, 6.07) is 13.8. The number of hydrogen-bond acceptors (Lipinski definition) is 3. The topological polar surface area (TPSA) is 41.6 Å². The summed E-state index contributed by atoms with van der Waals surface area (Å²) >= 11 is 0. The Morgan fingerprint density at radius 2 is 2.13 bits per heavy atom. The zero-order valence-electron chi connectivity index (χ0n) is 13.6. The summed E-state index contributed by atoms with van der Waals surface area (Å²) in [5.74, 6) is 0.877. The highest BCUT2D eigenvalue weighted by atomic mass is 16.5. The van der Waals surface area contributed by atoms with Crippen LogP contribution in [0.25, 0.3) is 0 Å². The number of fused-ring (bicyclic) bond motifs is 1. The molecule has 3 rings (SSSR count). The monoisotopic (exact) mass is 310 g/mol. The Morgan fingerprint density at radius 3 is 2.96 bits per heavy atom. The molecule has 0 aliphatic carbocycles. The van der Waals surface area contributed by atoms with Crippen molar-refractivity contribution >= 4 is 11.6 Å². The van der Waals surface area contributed by atoms with Gasteiger partial charge in [0.25, 0.3) is 5.91 Å². The van der Waals surface area contributed by atoms with Crippen LogP contribution in [0.1, 0.15) is 21.5 Å². The van der Waals surface area contributed by atoms with Crippen LogP contribution in [0.4, 0.5) is 5.69 Å². The average Bonchev–Trinajstić information content (AvgIpc) is 3.01. The summed E-state index contributed by atoms with van der Waals surface area (Å²) in [4.78, 5) is 14.2. The molecule has 1 aliphatic rings. The Kier molecular flexibility index (Phi) is 4.51. The van der Waals surface area contributed by atoms with Crippen molar-refractivity contribution in [2.24, 2.45) is 0 Å². The van der Waals surface area contributed by atoms with Gasteiger partial charge in [-0.15, -0.1) is 0 Å². The Labute approximate surface area is 137 Å². The van der Waals surface area contributed by atoms with Gasteiger partial charge in [-0.1, -0.05) is 12.1 Å². The number of rotatable bonds is 5. The summed E-state index contributed by atoms with van der Waals surface area (Å²) in [7, 11) is 1.81. The van der Waals surface area contributed by atoms with Crippen molar-refractivity contribution in [3.63, 3.8) is 0 Å². The molecule has 120 valence electrons. The molecule has 1 N–H and O–H groups in total. The first-order chi connectivity index (χ1) is 11.1. The highest BCUT2D eigenvalue weighted by Gasteiger charge is 2.16. The Hall–Kier alpha value is -2.49. The van der Waals surface area contributed by atoms with Crippen LogP contribution in [0.2, 0.25) is 0 Å². The Morgan fingerprint density at radius 1 is 1.26 bits per heavy atom. The number of benzene rings is 2. The summed E-state index contributed by atoms with van der Waals surface area (Å²) in [6.07, 6.45) is 0.983. The van der Waals surface area contributed by atoms with Crippen LogP contribution in [-0.4, -0.2) is 37.6 Å². The molecule has 0 aromatic heterocycles. The number of ether oxygens (including phenoxy) is 1. The van der Waals surface area contributed by atoms with Crippen molar-refractivity contribution in [2.45, 2.75) is 13.3 Å². The average molecular weight is 310 g/mol. The zero-order valence-corrected chi connectivity index (χ0v) is 13.6. The van der Waals surface area contributed by atoms with Crippen LogP contribution in [-0.2, 0) is 6.42 Å². The van der Waals surface area contributed by atoms with E-state index in [4.69, 9.17) is 4.74 Å². The molecule has 1 aliphatic heterocycles. The number of anilines is 1. The second kappa shape index (κ2) is 6.73. The largest absolute Gasteiger partial charge is 0.492 e. The molecule has 0 radical (unpaired) electrons. The maximum atomic E-state index is 12.5. The maximum Gasteiger partial charge on any atom is 0.253 e. The molecule has 0 spiro atoms. The van der Waals surface area contributed by atoms with Gasteiger partial charge in [-0.05, 0) is 54.8 Å². The number of likely N-dealkylation sites (N-methyl/N-ethyl adjacent to an activating group) is 1. The Bertz CT molecular complexity index is 712. The van der Waals surface area contributed by atoms with E-state index in [1.807, 2.05) is 56.4 Å². The van der Waals surface area contributed by atoms with E-state index < -0.39 is 0 Å². The van der Waals surface area contributed by atoms with Gasteiger partial charge in [-0.3, -0.25) is 4.79 Å². The first kappa shape index (κ1) is 15.4. The molecule has 0 saturated carbocycles. The number of carbonyl (C=O) groups is 1. The third kappa shape index (κ3) is 3.65. The maximum absolute atomic E-state index is 12.5. The molecule has 2 aromatic rings. The van der Waals surface area contributed by atoms with Crippen molar-refractivity contribution < 1.29 is 9.53 Å². The molecule has 2 aromatic carbocycles. The van der Waals surface area contributed by atoms with E-state index in [0.29, 0.717) is 13.2 Å². The SMILES string of the molecule is Cc1cccc(OCCN(C)C(=O)c2ccc3c(c2)CCN3)c1. The second-order valence-corrected chi connectivity index (χ2v) is 5.94. The molecule has 4 nitrogen and oxygen atoms in total. The van der Waals surface area contributed by atoms with Gasteiger partial charge in [0.1, 0.15) is 12.4 Å². The van der Waals surface area contributed by atoms with Crippen LogP contribution in [0.5, 0.6) is 5.75 Å². The second-order valence-electron chi connectivity index (χ2n) is 5.94. The van der Waals surface area contributed by atoms with E-state index in [9.17, 15) is 4.79 Å². The van der Waals surface area contributed by atoms with Gasteiger partial charge in [-0.2, -0.15) is 0 Å². The van der Waals surface area contributed by atoms with E-state index in [-0.39, 0.29) is 5.91 Å². The molecule has 1 amide bonds. The minimum absolute atomic E-state index is 0.0348. The van der Waals surface area contributed by atoms with E-state index in [1.165, 1.54) is 11.1 Å². The lowest BCUT2D eigenvalue weighted by molar-refractivity contribution is 0.0773. The van der Waals surface area contributed by atoms with Crippen LogP contribution in [0.15, 0.2) is 42.5 Å². The highest BCUT2D eigenvalue weighted by Crippen LogP contribution is 2.23. The number of aryl methyl sites for hydroxylation is 1. The quantitative estimate of drug-likeness (QED) is 0.922. The lowest BCUT2D eigenvalue weighted by Crippen LogP contribution is -2.30. The molecular formula is C19H22N2O2. The van der Waals surface area contributed by atoms with Gasteiger partial charge in [0.2, 0.25) is 0 Å². The molecule has 0 fully saturated rings. The molecular weight excluding hydrogens is 288 g/mol. The minimum atomic E-state index is 0.0348. The van der Waals surface area contributed by atoms with Crippen LogP contribution in [0.3, 0.4) is 0 Å². The van der Waals surface area contributed by atoms with Crippen LogP contribution >= 0.6 is 0 Å². The smallest absolute Gasteiger partial charge is 0.253 e. The van der Waals surface area contributed by atoms with Crippen molar-refractivity contribution in [3.05, 3.63) is 59.2 Å². The fraction of sp³-hybridized carbons (Fsp3) is 0.316. The molecule has 0 bridgehead atoms. The van der Waals surface area contributed by atoms with Gasteiger partial charge in [0.05, 0.1) is 6.54 Å². The molecule has 0 saturated heterocycles. The van der Waals surface area contributed by atoms with Crippen molar-refractivity contribution in [3.8, 4) is 5.75 Å². The van der Waals surface area contributed by atoms with E-state index >= 15 is 0 Å². The van der Waals surface area contributed by atoms with Crippen molar-refractivity contribution in [2.75, 3.05) is 32.1 Å².